The van der Waals surface area contributed by atoms with Crippen LogP contribution in [0.5, 0.6) is 0 Å². The number of carbonyl (C=O) groups is 1. The van der Waals surface area contributed by atoms with Gasteiger partial charge in [-0.2, -0.15) is 4.39 Å². The zero-order valence-corrected chi connectivity index (χ0v) is 8.45. The van der Waals surface area contributed by atoms with E-state index >= 15 is 0 Å². The van der Waals surface area contributed by atoms with Gasteiger partial charge in [0.1, 0.15) is 12.2 Å². The van der Waals surface area contributed by atoms with E-state index in [1.54, 1.807) is 0 Å². The number of hydrogen-bond acceptors (Lipinski definition) is 8. The Hall–Kier alpha value is -0.860. The number of rotatable bonds is 5. The van der Waals surface area contributed by atoms with Crippen molar-refractivity contribution < 1.29 is 43.5 Å². The fraction of sp³-hybridized carbons (Fsp3) is 0.833. The van der Waals surface area contributed by atoms with Crippen molar-refractivity contribution in [2.45, 2.75) is 30.0 Å². The van der Waals surface area contributed by atoms with E-state index in [2.05, 4.69) is 4.74 Å². The average Bonchev–Trinajstić information content (AvgIpc) is 2.83. The van der Waals surface area contributed by atoms with Crippen LogP contribution >= 0.6 is 7.68 Å². The van der Waals surface area contributed by atoms with E-state index in [-0.39, 0.29) is 0 Å². The van der Waals surface area contributed by atoms with Gasteiger partial charge in [-0.3, -0.25) is 0 Å². The molecule has 8 nitrogen and oxygen atoms in total. The second-order valence-corrected chi connectivity index (χ2v) is 4.26. The van der Waals surface area contributed by atoms with Crippen molar-refractivity contribution in [2.75, 3.05) is 0 Å². The summed E-state index contributed by atoms with van der Waals surface area (Å²) in [4.78, 5) is 10.3. The molecule has 5 atom stereocenters. The fourth-order valence-electron chi connectivity index (χ4n) is 0.998. The van der Waals surface area contributed by atoms with E-state index in [4.69, 9.17) is 20.4 Å². The highest BCUT2D eigenvalue weighted by molar-refractivity contribution is 7.31. The molecule has 0 amide bonds. The smallest absolute Gasteiger partial charge is 0.390 e. The molecule has 0 aromatic carbocycles. The maximum Gasteiger partial charge on any atom is 0.390 e. The minimum Gasteiger partial charge on any atom is -0.410 e. The first-order valence-corrected chi connectivity index (χ1v) is 5.24. The van der Waals surface area contributed by atoms with Crippen LogP contribution in [-0.4, -0.2) is 56.4 Å². The van der Waals surface area contributed by atoms with Gasteiger partial charge in [0.2, 0.25) is 0 Å². The summed E-state index contributed by atoms with van der Waals surface area (Å²) in [6, 6.07) is 0. The Kier molecular flexibility index (Phi) is 3.46. The lowest BCUT2D eigenvalue weighted by atomic mass is 10.0. The lowest BCUT2D eigenvalue weighted by Gasteiger charge is -2.22. The summed E-state index contributed by atoms with van der Waals surface area (Å²) in [6.07, 6.45) is -7.24. The van der Waals surface area contributed by atoms with Gasteiger partial charge in [0.05, 0.1) is 0 Å². The first kappa shape index (κ1) is 13.2. The highest BCUT2D eigenvalue weighted by atomic mass is 31.1. The van der Waals surface area contributed by atoms with Crippen molar-refractivity contribution in [3.63, 3.8) is 0 Å². The zero-order valence-electron chi connectivity index (χ0n) is 7.56. The first-order valence-electron chi connectivity index (χ1n) is 4.00. The molecule has 16 heavy (non-hydrogen) atoms. The average molecular weight is 258 g/mol. The minimum atomic E-state index is -3.50. The number of aliphatic hydroxyl groups is 4. The molecular formula is C6H8FO8P. The van der Waals surface area contributed by atoms with Crippen LogP contribution in [0.15, 0.2) is 0 Å². The van der Waals surface area contributed by atoms with E-state index in [0.29, 0.717) is 0 Å². The molecule has 1 saturated heterocycles. The van der Waals surface area contributed by atoms with Gasteiger partial charge in [-0.25, -0.2) is 13.9 Å². The van der Waals surface area contributed by atoms with E-state index in [1.165, 1.54) is 0 Å². The zero-order chi connectivity index (χ0) is 12.7. The molecule has 1 rings (SSSR count). The summed E-state index contributed by atoms with van der Waals surface area (Å²) in [5, 5.41) is 36.0. The quantitative estimate of drug-likeness (QED) is 0.320. The van der Waals surface area contributed by atoms with E-state index in [9.17, 15) is 18.3 Å². The van der Waals surface area contributed by atoms with Gasteiger partial charge in [0, 0.05) is 0 Å². The van der Waals surface area contributed by atoms with Crippen LogP contribution in [-0.2, 0) is 18.7 Å². The fourth-order valence-corrected chi connectivity index (χ4v) is 1.42. The van der Waals surface area contributed by atoms with E-state index in [1.807, 2.05) is 0 Å². The second-order valence-electron chi connectivity index (χ2n) is 3.16. The van der Waals surface area contributed by atoms with Gasteiger partial charge >= 0.3 is 19.5 Å². The minimum absolute atomic E-state index is 1.45. The number of alkyl halides is 1. The molecule has 1 aliphatic heterocycles. The number of epoxide rings is 1. The Labute approximate surface area is 88.1 Å². The molecule has 4 N–H and O–H groups in total. The van der Waals surface area contributed by atoms with E-state index < -0.39 is 43.7 Å². The molecular weight excluding hydrogens is 250 g/mol. The standard InChI is InChI=1S/C6H8FO8P/c7-6(5(12)15-6)3(10)1(8)2(9)4(11)16(13)14/h1-4,8-11H. The number of hydrogen-bond donors (Lipinski definition) is 4. The second kappa shape index (κ2) is 4.19. The summed E-state index contributed by atoms with van der Waals surface area (Å²) in [7, 11) is -3.50. The summed E-state index contributed by atoms with van der Waals surface area (Å²) in [5.74, 6) is -7.00. The molecule has 0 bridgehead atoms. The van der Waals surface area contributed by atoms with Crippen LogP contribution in [0.1, 0.15) is 0 Å². The topological polar surface area (TPSA) is 145 Å². The molecule has 0 aliphatic carbocycles. The molecule has 5 unspecified atom stereocenters. The number of halogens is 1. The van der Waals surface area contributed by atoms with Crippen LogP contribution in [0.25, 0.3) is 0 Å². The van der Waals surface area contributed by atoms with Crippen molar-refractivity contribution in [1.29, 1.82) is 0 Å². The van der Waals surface area contributed by atoms with Crippen molar-refractivity contribution in [2.24, 2.45) is 0 Å². The van der Waals surface area contributed by atoms with Crippen LogP contribution in [0.4, 0.5) is 4.39 Å². The predicted octanol–water partition coefficient (Wildman–Crippen LogP) is -2.22. The molecule has 0 aromatic rings. The van der Waals surface area contributed by atoms with Gasteiger partial charge in [0.15, 0.2) is 11.9 Å². The van der Waals surface area contributed by atoms with Crippen molar-refractivity contribution in [1.82, 2.24) is 0 Å². The Bertz CT molecular complexity index is 362. The highest BCUT2D eigenvalue weighted by Gasteiger charge is 2.68. The maximum atomic E-state index is 13.0. The van der Waals surface area contributed by atoms with Crippen LogP contribution < -0.4 is 0 Å². The van der Waals surface area contributed by atoms with Gasteiger partial charge in [-0.1, -0.05) is 0 Å². The van der Waals surface area contributed by atoms with Crippen LogP contribution in [0.2, 0.25) is 0 Å². The summed E-state index contributed by atoms with van der Waals surface area (Å²) >= 11 is 0. The Morgan fingerprint density at radius 1 is 1.19 bits per heavy atom. The van der Waals surface area contributed by atoms with Gasteiger partial charge in [-0.15, -0.1) is 0 Å². The molecule has 0 radical (unpaired) electrons. The molecule has 0 spiro atoms. The molecule has 1 aliphatic rings. The molecule has 1 heterocycles. The van der Waals surface area contributed by atoms with Crippen LogP contribution in [0, 0.1) is 0 Å². The molecule has 10 heteroatoms. The largest absolute Gasteiger partial charge is 0.410 e. The lowest BCUT2D eigenvalue weighted by molar-refractivity contribution is -0.136. The monoisotopic (exact) mass is 258 g/mol. The third-order valence-corrected chi connectivity index (χ3v) is 2.79. The molecule has 1 fully saturated rings. The first-order chi connectivity index (χ1) is 7.21. The van der Waals surface area contributed by atoms with Crippen LogP contribution in [0.3, 0.4) is 0 Å². The Balaban J connectivity index is 2.71. The molecule has 0 aromatic heterocycles. The van der Waals surface area contributed by atoms with E-state index in [0.717, 1.165) is 0 Å². The van der Waals surface area contributed by atoms with Gasteiger partial charge in [-0.05, 0) is 0 Å². The number of ether oxygens (including phenoxy) is 1. The van der Waals surface area contributed by atoms with Gasteiger partial charge < -0.3 is 25.2 Å². The third kappa shape index (κ3) is 2.13. The highest BCUT2D eigenvalue weighted by Crippen LogP contribution is 2.37. The molecule has 0 saturated carbocycles. The maximum absolute atomic E-state index is 13.0. The Morgan fingerprint density at radius 2 is 1.62 bits per heavy atom. The number of carbonyl (C=O) groups excluding carboxylic acids is 1. The summed E-state index contributed by atoms with van der Waals surface area (Å²) < 4.78 is 37.2. The third-order valence-electron chi connectivity index (χ3n) is 2.05. The predicted molar refractivity (Wildman–Crippen MR) is 42.3 cm³/mol. The molecule has 92 valence electrons. The summed E-state index contributed by atoms with van der Waals surface area (Å²) in [6.45, 7) is 0. The van der Waals surface area contributed by atoms with Crippen molar-refractivity contribution >= 4 is 13.6 Å². The normalized spacial score (nSPS) is 31.2. The Morgan fingerprint density at radius 3 is 1.94 bits per heavy atom. The van der Waals surface area contributed by atoms with Crippen molar-refractivity contribution in [3.8, 4) is 0 Å². The SMILES string of the molecule is O=C1OC1(F)C(O)C(O)C(O)C(O)P(=O)=O. The van der Waals surface area contributed by atoms with Crippen molar-refractivity contribution in [3.05, 3.63) is 0 Å². The lowest BCUT2D eigenvalue weighted by Crippen LogP contribution is -2.48. The van der Waals surface area contributed by atoms with Gasteiger partial charge in [0.25, 0.3) is 0 Å². The number of aliphatic hydroxyl groups excluding tert-OH is 4. The number of cyclic esters (lactones) is 1. The summed E-state index contributed by atoms with van der Waals surface area (Å²) in [5.41, 5.74) is 0.